The van der Waals surface area contributed by atoms with Crippen molar-refractivity contribution in [2.45, 2.75) is 0 Å². The van der Waals surface area contributed by atoms with Gasteiger partial charge in [0, 0.05) is 11.8 Å². The molecule has 4 rings (SSSR count). The first kappa shape index (κ1) is 13.7. The summed E-state index contributed by atoms with van der Waals surface area (Å²) < 4.78 is 0.874. The first-order chi connectivity index (χ1) is 11.2. The minimum absolute atomic E-state index is 0.146. The van der Waals surface area contributed by atoms with Crippen LogP contribution in [-0.2, 0) is 0 Å². The normalized spacial score (nSPS) is 11.7. The first-order valence-corrected chi connectivity index (χ1v) is 7.87. The second-order valence-corrected chi connectivity index (χ2v) is 6.11. The molecule has 1 aromatic heterocycles. The molecule has 0 radical (unpaired) electrons. The number of aromatic nitrogens is 1. The average molecular weight is 320 g/mol. The van der Waals surface area contributed by atoms with Crippen LogP contribution < -0.4 is 0 Å². The number of para-hydroxylation sites is 1. The number of aliphatic imine (C=N–C) groups is 1. The van der Waals surface area contributed by atoms with E-state index in [9.17, 15) is 10.2 Å². The maximum absolute atomic E-state index is 10.1. The zero-order valence-corrected chi connectivity index (χ0v) is 12.8. The van der Waals surface area contributed by atoms with Gasteiger partial charge in [-0.25, -0.2) is 9.98 Å². The molecule has 4 aromatic rings. The van der Waals surface area contributed by atoms with Crippen molar-refractivity contribution in [1.29, 1.82) is 0 Å². The molecule has 0 bridgehead atoms. The van der Waals surface area contributed by atoms with Gasteiger partial charge in [-0.05, 0) is 29.0 Å². The van der Waals surface area contributed by atoms with Gasteiger partial charge in [0.1, 0.15) is 17.0 Å². The molecule has 4 nitrogen and oxygen atoms in total. The molecule has 0 unspecified atom stereocenters. The lowest BCUT2D eigenvalue weighted by molar-refractivity contribution is 0.475. The van der Waals surface area contributed by atoms with Crippen molar-refractivity contribution in [1.82, 2.24) is 4.98 Å². The molecule has 0 aliphatic heterocycles. The van der Waals surface area contributed by atoms with Crippen molar-refractivity contribution < 1.29 is 10.2 Å². The van der Waals surface area contributed by atoms with Gasteiger partial charge in [-0.15, -0.1) is 0 Å². The summed E-state index contributed by atoms with van der Waals surface area (Å²) in [6.07, 6.45) is 1.62. The van der Waals surface area contributed by atoms with Crippen LogP contribution in [0.2, 0.25) is 0 Å². The summed E-state index contributed by atoms with van der Waals surface area (Å²) in [7, 11) is 0. The topological polar surface area (TPSA) is 65.7 Å². The summed E-state index contributed by atoms with van der Waals surface area (Å²) in [5.41, 5.74) is 1.21. The molecule has 112 valence electrons. The summed E-state index contributed by atoms with van der Waals surface area (Å²) in [4.78, 5) is 8.70. The van der Waals surface area contributed by atoms with E-state index in [1.165, 1.54) is 11.3 Å². The van der Waals surface area contributed by atoms with Crippen LogP contribution in [0.5, 0.6) is 11.5 Å². The smallest absolute Gasteiger partial charge is 0.210 e. The number of phenols is 2. The molecule has 3 aromatic carbocycles. The largest absolute Gasteiger partial charge is 0.507 e. The highest BCUT2D eigenvalue weighted by Gasteiger charge is 2.07. The van der Waals surface area contributed by atoms with E-state index < -0.39 is 0 Å². The van der Waals surface area contributed by atoms with Crippen molar-refractivity contribution in [3.05, 3.63) is 60.2 Å². The molecule has 0 aliphatic rings. The molecule has 23 heavy (non-hydrogen) atoms. The standard InChI is InChI=1S/C18H12N2O2S/c21-14-9-8-11-4-1-2-5-12(11)13(14)10-19-18-20-17-15(22)6-3-7-16(17)23-18/h1-10,21-22H. The monoisotopic (exact) mass is 320 g/mol. The van der Waals surface area contributed by atoms with E-state index in [-0.39, 0.29) is 11.5 Å². The van der Waals surface area contributed by atoms with Crippen LogP contribution in [0.1, 0.15) is 5.56 Å². The number of nitrogens with zero attached hydrogens (tertiary/aromatic N) is 2. The van der Waals surface area contributed by atoms with E-state index in [0.717, 1.165) is 15.5 Å². The van der Waals surface area contributed by atoms with Crippen LogP contribution in [0, 0.1) is 0 Å². The highest BCUT2D eigenvalue weighted by Crippen LogP contribution is 2.33. The van der Waals surface area contributed by atoms with Crippen molar-refractivity contribution in [2.24, 2.45) is 4.99 Å². The fourth-order valence-electron chi connectivity index (χ4n) is 2.52. The Morgan fingerprint density at radius 3 is 2.65 bits per heavy atom. The lowest BCUT2D eigenvalue weighted by Gasteiger charge is -2.03. The number of thiazole rings is 1. The molecule has 0 atom stereocenters. The molecule has 0 saturated carbocycles. The fraction of sp³-hybridized carbons (Fsp3) is 0. The van der Waals surface area contributed by atoms with Crippen molar-refractivity contribution in [2.75, 3.05) is 0 Å². The molecule has 0 amide bonds. The van der Waals surface area contributed by atoms with Gasteiger partial charge in [0.2, 0.25) is 5.13 Å². The highest BCUT2D eigenvalue weighted by atomic mass is 32.1. The quantitative estimate of drug-likeness (QED) is 0.530. The Morgan fingerprint density at radius 2 is 1.78 bits per heavy atom. The van der Waals surface area contributed by atoms with Gasteiger partial charge in [-0.3, -0.25) is 0 Å². The third-order valence-electron chi connectivity index (χ3n) is 3.64. The summed E-state index contributed by atoms with van der Waals surface area (Å²) in [5.74, 6) is 0.324. The molecule has 0 fully saturated rings. The second-order valence-electron chi connectivity index (χ2n) is 5.10. The van der Waals surface area contributed by atoms with Gasteiger partial charge in [0.25, 0.3) is 0 Å². The summed E-state index contributed by atoms with van der Waals surface area (Å²) in [6.45, 7) is 0. The molecular weight excluding hydrogens is 308 g/mol. The third-order valence-corrected chi connectivity index (χ3v) is 4.57. The molecule has 2 N–H and O–H groups in total. The van der Waals surface area contributed by atoms with Crippen molar-refractivity contribution in [3.8, 4) is 11.5 Å². The van der Waals surface area contributed by atoms with Crippen molar-refractivity contribution >= 4 is 43.7 Å². The van der Waals surface area contributed by atoms with Crippen LogP contribution in [0.3, 0.4) is 0 Å². The molecule has 1 heterocycles. The lowest BCUT2D eigenvalue weighted by atomic mass is 10.0. The Kier molecular flexibility index (Phi) is 3.20. The molecule has 5 heteroatoms. The van der Waals surface area contributed by atoms with E-state index in [4.69, 9.17) is 0 Å². The van der Waals surface area contributed by atoms with Gasteiger partial charge >= 0.3 is 0 Å². The number of hydrogen-bond donors (Lipinski definition) is 2. The van der Waals surface area contributed by atoms with Crippen LogP contribution in [0.15, 0.2) is 59.6 Å². The van der Waals surface area contributed by atoms with Crippen LogP contribution in [0.25, 0.3) is 21.0 Å². The fourth-order valence-corrected chi connectivity index (χ4v) is 3.35. The average Bonchev–Trinajstić information content (AvgIpc) is 2.98. The maximum atomic E-state index is 10.1. The Labute approximate surface area is 136 Å². The molecule has 0 spiro atoms. The minimum Gasteiger partial charge on any atom is -0.507 e. The molecule has 0 saturated heterocycles. The number of fused-ring (bicyclic) bond motifs is 2. The summed E-state index contributed by atoms with van der Waals surface area (Å²) in [6, 6.07) is 16.6. The number of rotatable bonds is 2. The number of phenolic OH excluding ortho intramolecular Hbond substituents is 2. The van der Waals surface area contributed by atoms with Gasteiger partial charge < -0.3 is 10.2 Å². The summed E-state index contributed by atoms with van der Waals surface area (Å²) >= 11 is 1.39. The Hall–Kier alpha value is -2.92. The number of aromatic hydroxyl groups is 2. The van der Waals surface area contributed by atoms with Crippen LogP contribution in [-0.4, -0.2) is 21.4 Å². The number of benzene rings is 3. The maximum Gasteiger partial charge on any atom is 0.210 e. The van der Waals surface area contributed by atoms with Crippen molar-refractivity contribution in [3.63, 3.8) is 0 Å². The van der Waals surface area contributed by atoms with E-state index in [2.05, 4.69) is 9.98 Å². The Bertz CT molecular complexity index is 1050. The van der Waals surface area contributed by atoms with Gasteiger partial charge in [0.05, 0.1) is 4.70 Å². The van der Waals surface area contributed by atoms with E-state index in [1.54, 1.807) is 24.4 Å². The summed E-state index contributed by atoms with van der Waals surface area (Å²) in [5, 5.41) is 22.4. The van der Waals surface area contributed by atoms with E-state index in [1.807, 2.05) is 36.4 Å². The zero-order valence-electron chi connectivity index (χ0n) is 12.0. The Balaban J connectivity index is 1.81. The lowest BCUT2D eigenvalue weighted by Crippen LogP contribution is -1.85. The van der Waals surface area contributed by atoms with E-state index >= 15 is 0 Å². The zero-order chi connectivity index (χ0) is 15.8. The third kappa shape index (κ3) is 2.41. The Morgan fingerprint density at radius 1 is 0.913 bits per heavy atom. The highest BCUT2D eigenvalue weighted by molar-refractivity contribution is 7.22. The molecule has 0 aliphatic carbocycles. The predicted molar refractivity (Wildman–Crippen MR) is 94.2 cm³/mol. The van der Waals surface area contributed by atoms with Gasteiger partial charge in [0.15, 0.2) is 0 Å². The number of hydrogen-bond acceptors (Lipinski definition) is 5. The van der Waals surface area contributed by atoms with Gasteiger partial charge in [-0.2, -0.15) is 0 Å². The SMILES string of the molecule is Oc1ccc2ccccc2c1C=Nc1nc2c(O)cccc2s1. The van der Waals surface area contributed by atoms with Crippen LogP contribution >= 0.6 is 11.3 Å². The predicted octanol–water partition coefficient (Wildman–Crippen LogP) is 4.61. The van der Waals surface area contributed by atoms with E-state index in [0.29, 0.717) is 16.2 Å². The minimum atomic E-state index is 0.146. The van der Waals surface area contributed by atoms with Gasteiger partial charge in [-0.1, -0.05) is 47.7 Å². The first-order valence-electron chi connectivity index (χ1n) is 7.06. The second kappa shape index (κ2) is 5.37. The molecular formula is C18H12N2O2S. The van der Waals surface area contributed by atoms with Crippen LogP contribution in [0.4, 0.5) is 5.13 Å².